The molecule has 0 saturated carbocycles. The van der Waals surface area contributed by atoms with Crippen LogP contribution in [0.4, 0.5) is 5.69 Å². The molecule has 3 N–H and O–H groups in total. The van der Waals surface area contributed by atoms with Crippen molar-refractivity contribution >= 4 is 103 Å². The van der Waals surface area contributed by atoms with Crippen molar-refractivity contribution in [2.75, 3.05) is 33.8 Å². The fraction of sp³-hybridized carbons (Fsp3) is 0.250. The van der Waals surface area contributed by atoms with Crippen LogP contribution in [-0.2, 0) is 22.6 Å². The predicted octanol–water partition coefficient (Wildman–Crippen LogP) is 8.94. The first-order chi connectivity index (χ1) is 30.5. The van der Waals surface area contributed by atoms with Crippen molar-refractivity contribution in [3.8, 4) is 23.0 Å². The SMILES string of the molecule is COc1cc(C)cc2c1NC(=O)C(=O)C2.COc1cc(C)cc2c1nc(Cl)c1nnc(C)n12.COc1cc(C)cc2nc(CN)c(Cl)nc12.COc1cc(C)cc2nc(Cl)c(Cl)nc12. The Hall–Kier alpha value is -6.17. The first-order valence-corrected chi connectivity index (χ1v) is 20.8. The third kappa shape index (κ3) is 10.1. The number of benzene rings is 4. The van der Waals surface area contributed by atoms with Gasteiger partial charge in [-0.05, 0) is 105 Å². The Kier molecular flexibility index (Phi) is 14.9. The number of amides is 1. The summed E-state index contributed by atoms with van der Waals surface area (Å²) in [7, 11) is 6.34. The molecular formula is C44H42Cl4N10O6. The highest BCUT2D eigenvalue weighted by molar-refractivity contribution is 6.43. The molecule has 64 heavy (non-hydrogen) atoms. The third-order valence-corrected chi connectivity index (χ3v) is 10.8. The summed E-state index contributed by atoms with van der Waals surface area (Å²) in [4.78, 5) is 43.6. The number of nitrogens with one attached hydrogen (secondary N) is 1. The number of fused-ring (bicyclic) bond motifs is 6. The average molecular weight is 949 g/mol. The Bertz CT molecular complexity index is 3110. The number of Topliss-reactive ketones (excluding diaryl/α,β-unsaturated/α-hetero) is 1. The number of aryl methyl sites for hydroxylation is 5. The van der Waals surface area contributed by atoms with Gasteiger partial charge in [0.2, 0.25) is 5.78 Å². The summed E-state index contributed by atoms with van der Waals surface area (Å²) in [5.74, 6) is 2.42. The van der Waals surface area contributed by atoms with Crippen LogP contribution in [0.5, 0.6) is 23.0 Å². The molecule has 0 bridgehead atoms. The number of nitrogens with zero attached hydrogens (tertiary/aromatic N) is 8. The molecule has 0 atom stereocenters. The molecule has 332 valence electrons. The quantitative estimate of drug-likeness (QED) is 0.155. The second kappa shape index (κ2) is 20.1. The molecule has 0 unspecified atom stereocenters. The lowest BCUT2D eigenvalue weighted by Crippen LogP contribution is -2.30. The lowest BCUT2D eigenvalue weighted by molar-refractivity contribution is -0.134. The molecule has 4 aromatic carbocycles. The third-order valence-electron chi connectivity index (χ3n) is 9.60. The van der Waals surface area contributed by atoms with Gasteiger partial charge in [-0.1, -0.05) is 52.5 Å². The van der Waals surface area contributed by atoms with Crippen LogP contribution >= 0.6 is 46.4 Å². The molecule has 1 aliphatic rings. The number of methoxy groups -OCH3 is 4. The van der Waals surface area contributed by atoms with Crippen molar-refractivity contribution in [1.82, 2.24) is 39.5 Å². The number of halogens is 4. The van der Waals surface area contributed by atoms with Crippen LogP contribution in [0.1, 0.15) is 39.3 Å². The first-order valence-electron chi connectivity index (χ1n) is 19.3. The van der Waals surface area contributed by atoms with Gasteiger partial charge >= 0.3 is 0 Å². The van der Waals surface area contributed by atoms with Gasteiger partial charge < -0.3 is 30.0 Å². The molecule has 0 fully saturated rings. The highest BCUT2D eigenvalue weighted by atomic mass is 35.5. The summed E-state index contributed by atoms with van der Waals surface area (Å²) < 4.78 is 22.8. The first kappa shape index (κ1) is 47.3. The van der Waals surface area contributed by atoms with Gasteiger partial charge in [0.15, 0.2) is 26.3 Å². The molecule has 0 spiro atoms. The molecule has 20 heteroatoms. The van der Waals surface area contributed by atoms with Crippen LogP contribution in [0.3, 0.4) is 0 Å². The Morgan fingerprint density at radius 1 is 0.594 bits per heavy atom. The number of carbonyl (C=O) groups is 2. The summed E-state index contributed by atoms with van der Waals surface area (Å²) in [6.07, 6.45) is 0.152. The minimum absolute atomic E-state index is 0.152. The minimum Gasteiger partial charge on any atom is -0.495 e. The van der Waals surface area contributed by atoms with Crippen molar-refractivity contribution < 1.29 is 28.5 Å². The number of rotatable bonds is 5. The van der Waals surface area contributed by atoms with Crippen molar-refractivity contribution in [3.63, 3.8) is 0 Å². The molecule has 8 aromatic rings. The fourth-order valence-corrected chi connectivity index (χ4v) is 7.41. The van der Waals surface area contributed by atoms with Gasteiger partial charge in [0, 0.05) is 13.0 Å². The van der Waals surface area contributed by atoms with Crippen LogP contribution in [0, 0.1) is 34.6 Å². The molecule has 5 heterocycles. The number of hydrogen-bond acceptors (Lipinski definition) is 14. The average Bonchev–Trinajstić information content (AvgIpc) is 3.66. The molecule has 0 aliphatic carbocycles. The molecule has 16 nitrogen and oxygen atoms in total. The zero-order chi connectivity index (χ0) is 46.6. The second-order valence-corrected chi connectivity index (χ2v) is 15.8. The van der Waals surface area contributed by atoms with Crippen molar-refractivity contribution in [1.29, 1.82) is 0 Å². The van der Waals surface area contributed by atoms with E-state index in [2.05, 4.69) is 40.4 Å². The van der Waals surface area contributed by atoms with Gasteiger partial charge in [-0.25, -0.2) is 24.9 Å². The van der Waals surface area contributed by atoms with E-state index in [9.17, 15) is 9.59 Å². The highest BCUT2D eigenvalue weighted by Crippen LogP contribution is 2.34. The van der Waals surface area contributed by atoms with Crippen molar-refractivity contribution in [3.05, 3.63) is 108 Å². The van der Waals surface area contributed by atoms with Crippen LogP contribution in [0.2, 0.25) is 20.6 Å². The maximum atomic E-state index is 11.2. The van der Waals surface area contributed by atoms with Gasteiger partial charge in [0.1, 0.15) is 45.4 Å². The normalized spacial score (nSPS) is 11.8. The summed E-state index contributed by atoms with van der Waals surface area (Å²) in [5, 5.41) is 11.7. The Morgan fingerprint density at radius 2 is 1.08 bits per heavy atom. The lowest BCUT2D eigenvalue weighted by Gasteiger charge is -2.19. The fourth-order valence-electron chi connectivity index (χ4n) is 6.74. The summed E-state index contributed by atoms with van der Waals surface area (Å²) in [6.45, 7) is 10.0. The maximum absolute atomic E-state index is 11.2. The maximum Gasteiger partial charge on any atom is 0.292 e. The molecular weight excluding hydrogens is 906 g/mol. The molecule has 0 radical (unpaired) electrons. The van der Waals surface area contributed by atoms with E-state index >= 15 is 0 Å². The standard InChI is InChI=1S/C12H11ClN4O.C11H12ClN3O.C11H11NO3.C10H8Cl2N2O/c1-6-4-8-10(9(5-6)18-3)14-11(13)12-16-15-7(2)17(8)12;1-6-3-7-10(9(4-6)16-2)15-11(12)8(5-13)14-7;1-6-3-7-5-8(13)11(14)12-10(7)9(4-6)15-2;1-5-3-6-8(7(4-5)15-2)14-10(12)9(11)13-6/h4-5H,1-3H3;3-4H,5,13H2,1-2H3;3-4H,5H2,1-2H3,(H,12,14);3-4H,1-2H3. The molecule has 1 amide bonds. The monoisotopic (exact) mass is 946 g/mol. The Morgan fingerprint density at radius 3 is 1.66 bits per heavy atom. The van der Waals surface area contributed by atoms with Crippen LogP contribution in [0.25, 0.3) is 38.7 Å². The van der Waals surface area contributed by atoms with E-state index in [0.29, 0.717) is 72.4 Å². The molecule has 0 saturated heterocycles. The van der Waals surface area contributed by atoms with E-state index in [1.165, 1.54) is 7.11 Å². The zero-order valence-electron chi connectivity index (χ0n) is 36.1. The van der Waals surface area contributed by atoms with Crippen molar-refractivity contribution in [2.45, 2.75) is 47.6 Å². The minimum atomic E-state index is -0.565. The number of hydrogen-bond donors (Lipinski definition) is 2. The zero-order valence-corrected chi connectivity index (χ0v) is 39.2. The van der Waals surface area contributed by atoms with E-state index in [-0.39, 0.29) is 23.3 Å². The van der Waals surface area contributed by atoms with Gasteiger partial charge in [-0.2, -0.15) is 0 Å². The van der Waals surface area contributed by atoms with E-state index in [1.54, 1.807) is 21.3 Å². The van der Waals surface area contributed by atoms with Crippen molar-refractivity contribution in [2.24, 2.45) is 5.73 Å². The van der Waals surface area contributed by atoms with E-state index < -0.39 is 11.7 Å². The van der Waals surface area contributed by atoms with Crippen LogP contribution in [-0.4, -0.2) is 79.6 Å². The van der Waals surface area contributed by atoms with E-state index in [0.717, 1.165) is 44.7 Å². The van der Waals surface area contributed by atoms with Gasteiger partial charge in [0.05, 0.1) is 56.4 Å². The van der Waals surface area contributed by atoms with Gasteiger partial charge in [-0.3, -0.25) is 14.0 Å². The molecule has 9 rings (SSSR count). The Labute approximate surface area is 387 Å². The second-order valence-electron chi connectivity index (χ2n) is 14.3. The molecule has 1 aliphatic heterocycles. The summed E-state index contributed by atoms with van der Waals surface area (Å²) in [5.41, 5.74) is 16.6. The summed E-state index contributed by atoms with van der Waals surface area (Å²) in [6, 6.07) is 15.2. The topological polar surface area (TPSA) is 204 Å². The number of ether oxygens (including phenoxy) is 4. The largest absolute Gasteiger partial charge is 0.495 e. The number of ketones is 1. The van der Waals surface area contributed by atoms with Gasteiger partial charge in [0.25, 0.3) is 5.91 Å². The smallest absolute Gasteiger partial charge is 0.292 e. The van der Waals surface area contributed by atoms with Gasteiger partial charge in [-0.15, -0.1) is 10.2 Å². The van der Waals surface area contributed by atoms with Crippen LogP contribution < -0.4 is 30.0 Å². The Balaban J connectivity index is 0.000000142. The molecule has 4 aromatic heterocycles. The highest BCUT2D eigenvalue weighted by Gasteiger charge is 2.26. The van der Waals surface area contributed by atoms with Crippen LogP contribution in [0.15, 0.2) is 48.5 Å². The van der Waals surface area contributed by atoms with E-state index in [4.69, 9.17) is 71.1 Å². The predicted molar refractivity (Wildman–Crippen MR) is 249 cm³/mol. The number of aromatic nitrogens is 8. The summed E-state index contributed by atoms with van der Waals surface area (Å²) >= 11 is 23.7. The number of nitrogens with two attached hydrogens (primary N) is 1. The lowest BCUT2D eigenvalue weighted by atomic mass is 9.99. The van der Waals surface area contributed by atoms with E-state index in [1.807, 2.05) is 87.6 Å². The number of carbonyl (C=O) groups excluding carboxylic acids is 2. The number of anilines is 1.